The molecule has 98 valence electrons. The Balaban J connectivity index is 2.56. The van der Waals surface area contributed by atoms with Gasteiger partial charge in [-0.05, 0) is 28.1 Å². The lowest BCUT2D eigenvalue weighted by Crippen LogP contribution is -2.21. The molecule has 0 spiro atoms. The zero-order valence-corrected chi connectivity index (χ0v) is 12.5. The molecule has 19 heavy (non-hydrogen) atoms. The van der Waals surface area contributed by atoms with E-state index in [1.807, 2.05) is 24.3 Å². The maximum atomic E-state index is 11.6. The van der Waals surface area contributed by atoms with Crippen molar-refractivity contribution in [1.82, 2.24) is 9.97 Å². The fraction of sp³-hybridized carbons (Fsp3) is 0.0833. The second kappa shape index (κ2) is 5.50. The highest BCUT2D eigenvalue weighted by molar-refractivity contribution is 9.10. The third kappa shape index (κ3) is 2.66. The van der Waals surface area contributed by atoms with Crippen LogP contribution >= 0.6 is 28.1 Å². The Labute approximate surface area is 123 Å². The minimum atomic E-state index is -0.246. The van der Waals surface area contributed by atoms with E-state index in [1.54, 1.807) is 11.9 Å². The molecule has 2 rings (SSSR count). The highest BCUT2D eigenvalue weighted by Gasteiger charge is 2.15. The molecule has 7 heteroatoms. The number of rotatable bonds is 3. The van der Waals surface area contributed by atoms with Crippen LogP contribution in [0.25, 0.3) is 0 Å². The minimum Gasteiger partial charge on any atom is -0.389 e. The van der Waals surface area contributed by atoms with Crippen LogP contribution in [0.4, 0.5) is 11.5 Å². The molecule has 0 aliphatic heterocycles. The number of hydrogen-bond acceptors (Lipinski definition) is 4. The fourth-order valence-corrected chi connectivity index (χ4v) is 2.35. The normalized spacial score (nSPS) is 10.2. The molecular weight excluding hydrogens is 328 g/mol. The maximum Gasteiger partial charge on any atom is 0.267 e. The summed E-state index contributed by atoms with van der Waals surface area (Å²) in [5.74, 6) is 0.493. The Kier molecular flexibility index (Phi) is 3.96. The van der Waals surface area contributed by atoms with Gasteiger partial charge >= 0.3 is 0 Å². The van der Waals surface area contributed by atoms with Crippen LogP contribution < -0.4 is 16.2 Å². The number of hydrogen-bond donors (Lipinski definition) is 2. The summed E-state index contributed by atoms with van der Waals surface area (Å²) in [5.41, 5.74) is 6.97. The van der Waals surface area contributed by atoms with E-state index in [2.05, 4.69) is 25.9 Å². The summed E-state index contributed by atoms with van der Waals surface area (Å²) in [6, 6.07) is 7.42. The largest absolute Gasteiger partial charge is 0.389 e. The van der Waals surface area contributed by atoms with E-state index in [0.29, 0.717) is 15.3 Å². The van der Waals surface area contributed by atoms with Crippen molar-refractivity contribution in [1.29, 1.82) is 0 Å². The Morgan fingerprint density at radius 3 is 2.84 bits per heavy atom. The van der Waals surface area contributed by atoms with Gasteiger partial charge in [-0.1, -0.05) is 24.4 Å². The van der Waals surface area contributed by atoms with Crippen molar-refractivity contribution in [2.24, 2.45) is 5.73 Å². The SMILES string of the molecule is CN(c1ccccc1C(N)=S)c1nc[nH]c(=O)c1Br. The Morgan fingerprint density at radius 1 is 1.47 bits per heavy atom. The summed E-state index contributed by atoms with van der Waals surface area (Å²) in [6.45, 7) is 0. The number of nitrogens with two attached hydrogens (primary N) is 1. The molecule has 0 amide bonds. The highest BCUT2D eigenvalue weighted by Crippen LogP contribution is 2.28. The first kappa shape index (κ1) is 13.7. The summed E-state index contributed by atoms with van der Waals surface area (Å²) >= 11 is 8.26. The van der Waals surface area contributed by atoms with Gasteiger partial charge in [-0.2, -0.15) is 0 Å². The zero-order valence-electron chi connectivity index (χ0n) is 10.1. The van der Waals surface area contributed by atoms with Crippen LogP contribution in [0.3, 0.4) is 0 Å². The van der Waals surface area contributed by atoms with E-state index in [9.17, 15) is 4.79 Å². The van der Waals surface area contributed by atoms with Crippen molar-refractivity contribution in [2.45, 2.75) is 0 Å². The Bertz CT molecular complexity index is 685. The molecule has 3 N–H and O–H groups in total. The van der Waals surface area contributed by atoms with Crippen molar-refractivity contribution in [3.63, 3.8) is 0 Å². The molecule has 1 heterocycles. The van der Waals surface area contributed by atoms with Gasteiger partial charge in [0.1, 0.15) is 9.46 Å². The number of anilines is 2. The predicted octanol–water partition coefficient (Wildman–Crippen LogP) is 1.93. The van der Waals surface area contributed by atoms with Gasteiger partial charge in [0.2, 0.25) is 0 Å². The fourth-order valence-electron chi connectivity index (χ4n) is 1.70. The van der Waals surface area contributed by atoms with Gasteiger partial charge in [-0.25, -0.2) is 4.98 Å². The number of thiocarbonyl (C=S) groups is 1. The summed E-state index contributed by atoms with van der Waals surface area (Å²) in [7, 11) is 1.80. The molecule has 0 bridgehead atoms. The third-order valence-corrected chi connectivity index (χ3v) is 3.56. The number of nitrogens with one attached hydrogen (secondary N) is 1. The Morgan fingerprint density at radius 2 is 2.16 bits per heavy atom. The second-order valence-corrected chi connectivity index (χ2v) is 5.04. The first-order valence-corrected chi connectivity index (χ1v) is 6.58. The van der Waals surface area contributed by atoms with Gasteiger partial charge in [0, 0.05) is 12.6 Å². The van der Waals surface area contributed by atoms with Gasteiger partial charge in [0.25, 0.3) is 5.56 Å². The first-order chi connectivity index (χ1) is 9.02. The molecule has 5 nitrogen and oxygen atoms in total. The van der Waals surface area contributed by atoms with E-state index in [-0.39, 0.29) is 5.56 Å². The van der Waals surface area contributed by atoms with Crippen molar-refractivity contribution in [2.75, 3.05) is 11.9 Å². The lowest BCUT2D eigenvalue weighted by atomic mass is 10.1. The Hall–Kier alpha value is -1.73. The topological polar surface area (TPSA) is 75.0 Å². The van der Waals surface area contributed by atoms with E-state index in [1.165, 1.54) is 6.33 Å². The van der Waals surface area contributed by atoms with Crippen LogP contribution in [-0.4, -0.2) is 22.0 Å². The predicted molar refractivity (Wildman–Crippen MR) is 83.0 cm³/mol. The number of aromatic nitrogens is 2. The van der Waals surface area contributed by atoms with Crippen LogP contribution in [0.1, 0.15) is 5.56 Å². The molecule has 0 unspecified atom stereocenters. The van der Waals surface area contributed by atoms with Gasteiger partial charge in [-0.3, -0.25) is 4.79 Å². The van der Waals surface area contributed by atoms with Crippen LogP contribution in [0.2, 0.25) is 0 Å². The molecule has 0 aliphatic carbocycles. The van der Waals surface area contributed by atoms with Crippen molar-refractivity contribution in [3.05, 3.63) is 51.0 Å². The first-order valence-electron chi connectivity index (χ1n) is 5.38. The van der Waals surface area contributed by atoms with Gasteiger partial charge in [0.05, 0.1) is 12.0 Å². The molecule has 0 fully saturated rings. The van der Waals surface area contributed by atoms with E-state index < -0.39 is 0 Å². The van der Waals surface area contributed by atoms with Gasteiger partial charge < -0.3 is 15.6 Å². The van der Waals surface area contributed by atoms with Crippen LogP contribution in [-0.2, 0) is 0 Å². The summed E-state index contributed by atoms with van der Waals surface area (Å²) in [5, 5.41) is 0. The zero-order chi connectivity index (χ0) is 14.0. The molecule has 0 radical (unpaired) electrons. The minimum absolute atomic E-state index is 0.246. The number of nitrogens with zero attached hydrogens (tertiary/aromatic N) is 2. The standard InChI is InChI=1S/C12H11BrN4OS/c1-17(11-9(13)12(18)16-6-15-11)8-5-3-2-4-7(8)10(14)19/h2-6H,1H3,(H2,14,19)(H,15,16,18). The summed E-state index contributed by atoms with van der Waals surface area (Å²) < 4.78 is 0.357. The highest BCUT2D eigenvalue weighted by atomic mass is 79.9. The van der Waals surface area contributed by atoms with Gasteiger partial charge in [0.15, 0.2) is 5.82 Å². The van der Waals surface area contributed by atoms with Crippen LogP contribution in [0.5, 0.6) is 0 Å². The molecule has 0 aliphatic rings. The number of para-hydroxylation sites is 1. The van der Waals surface area contributed by atoms with Gasteiger partial charge in [-0.15, -0.1) is 0 Å². The maximum absolute atomic E-state index is 11.6. The third-order valence-electron chi connectivity index (χ3n) is 2.63. The molecular formula is C12H11BrN4OS. The molecule has 0 saturated heterocycles. The number of benzene rings is 1. The average Bonchev–Trinajstić information content (AvgIpc) is 2.41. The van der Waals surface area contributed by atoms with Crippen molar-refractivity contribution < 1.29 is 0 Å². The number of halogens is 1. The molecule has 0 atom stereocenters. The van der Waals surface area contributed by atoms with Crippen molar-refractivity contribution in [3.8, 4) is 0 Å². The quantitative estimate of drug-likeness (QED) is 0.836. The molecule has 0 saturated carbocycles. The number of aromatic amines is 1. The summed E-state index contributed by atoms with van der Waals surface area (Å²) in [6.07, 6.45) is 1.35. The van der Waals surface area contributed by atoms with E-state index in [4.69, 9.17) is 18.0 Å². The lowest BCUT2D eigenvalue weighted by Gasteiger charge is -2.21. The monoisotopic (exact) mass is 338 g/mol. The van der Waals surface area contributed by atoms with Crippen molar-refractivity contribution >= 4 is 44.6 Å². The molecule has 2 aromatic rings. The van der Waals surface area contributed by atoms with E-state index >= 15 is 0 Å². The second-order valence-electron chi connectivity index (χ2n) is 3.81. The van der Waals surface area contributed by atoms with E-state index in [0.717, 1.165) is 11.3 Å². The van der Waals surface area contributed by atoms with Crippen LogP contribution in [0.15, 0.2) is 39.9 Å². The van der Waals surface area contributed by atoms with Crippen LogP contribution in [0, 0.1) is 0 Å². The lowest BCUT2D eigenvalue weighted by molar-refractivity contribution is 1.04. The number of H-pyrrole nitrogens is 1. The molecule has 1 aromatic heterocycles. The summed E-state index contributed by atoms with van der Waals surface area (Å²) in [4.78, 5) is 20.3. The smallest absolute Gasteiger partial charge is 0.267 e. The molecule has 1 aromatic carbocycles. The average molecular weight is 339 g/mol.